The average Bonchev–Trinajstić information content (AvgIpc) is 2.14. The molecule has 0 bridgehead atoms. The standard InChI is InChI=1S/C12H21N3/c1-9(2)14-8-10-6-7-13-11(15-10)12(3,4)5/h6-7,9,14H,8H2,1-5H3. The van der Waals surface area contributed by atoms with E-state index in [2.05, 4.69) is 49.9 Å². The zero-order chi connectivity index (χ0) is 11.5. The van der Waals surface area contributed by atoms with Gasteiger partial charge >= 0.3 is 0 Å². The largest absolute Gasteiger partial charge is 0.309 e. The maximum Gasteiger partial charge on any atom is 0.133 e. The summed E-state index contributed by atoms with van der Waals surface area (Å²) < 4.78 is 0. The van der Waals surface area contributed by atoms with Crippen molar-refractivity contribution in [1.29, 1.82) is 0 Å². The highest BCUT2D eigenvalue weighted by atomic mass is 15.0. The molecule has 0 atom stereocenters. The SMILES string of the molecule is CC(C)NCc1ccnc(C(C)(C)C)n1. The molecule has 1 rings (SSSR count). The van der Waals surface area contributed by atoms with E-state index >= 15 is 0 Å². The summed E-state index contributed by atoms with van der Waals surface area (Å²) >= 11 is 0. The van der Waals surface area contributed by atoms with Crippen molar-refractivity contribution in [1.82, 2.24) is 15.3 Å². The summed E-state index contributed by atoms with van der Waals surface area (Å²) in [6.45, 7) is 11.5. The van der Waals surface area contributed by atoms with Gasteiger partial charge in [0.05, 0.1) is 5.69 Å². The molecular weight excluding hydrogens is 186 g/mol. The molecule has 0 aliphatic heterocycles. The van der Waals surface area contributed by atoms with Gasteiger partial charge in [-0.2, -0.15) is 0 Å². The van der Waals surface area contributed by atoms with Crippen LogP contribution in [-0.4, -0.2) is 16.0 Å². The van der Waals surface area contributed by atoms with Crippen molar-refractivity contribution < 1.29 is 0 Å². The Kier molecular flexibility index (Phi) is 3.80. The Labute approximate surface area is 92.3 Å². The highest BCUT2D eigenvalue weighted by Gasteiger charge is 2.17. The number of nitrogens with one attached hydrogen (secondary N) is 1. The second kappa shape index (κ2) is 4.71. The third kappa shape index (κ3) is 3.96. The summed E-state index contributed by atoms with van der Waals surface area (Å²) in [5.74, 6) is 0.908. The van der Waals surface area contributed by atoms with Gasteiger partial charge in [-0.25, -0.2) is 9.97 Å². The Morgan fingerprint density at radius 3 is 2.53 bits per heavy atom. The molecule has 0 radical (unpaired) electrons. The molecule has 0 aliphatic carbocycles. The molecular formula is C12H21N3. The van der Waals surface area contributed by atoms with Gasteiger partial charge in [0, 0.05) is 24.2 Å². The van der Waals surface area contributed by atoms with E-state index in [0.29, 0.717) is 6.04 Å². The van der Waals surface area contributed by atoms with Crippen LogP contribution in [-0.2, 0) is 12.0 Å². The van der Waals surface area contributed by atoms with Crippen molar-refractivity contribution in [3.8, 4) is 0 Å². The summed E-state index contributed by atoms with van der Waals surface area (Å²) in [6.07, 6.45) is 1.84. The quantitative estimate of drug-likeness (QED) is 0.826. The van der Waals surface area contributed by atoms with Crippen LogP contribution in [0.3, 0.4) is 0 Å². The van der Waals surface area contributed by atoms with E-state index in [-0.39, 0.29) is 5.41 Å². The van der Waals surface area contributed by atoms with Gasteiger partial charge in [-0.3, -0.25) is 0 Å². The number of rotatable bonds is 3. The number of aromatic nitrogens is 2. The lowest BCUT2D eigenvalue weighted by Crippen LogP contribution is -2.24. The monoisotopic (exact) mass is 207 g/mol. The first-order chi connectivity index (χ1) is 6.89. The Bertz CT molecular complexity index is 313. The maximum atomic E-state index is 4.54. The second-order valence-electron chi connectivity index (χ2n) is 5.16. The molecule has 0 aliphatic rings. The van der Waals surface area contributed by atoms with E-state index < -0.39 is 0 Å². The van der Waals surface area contributed by atoms with Gasteiger partial charge < -0.3 is 5.32 Å². The third-order valence-corrected chi connectivity index (χ3v) is 2.08. The van der Waals surface area contributed by atoms with Crippen LogP contribution in [0, 0.1) is 0 Å². The minimum Gasteiger partial charge on any atom is -0.309 e. The second-order valence-corrected chi connectivity index (χ2v) is 5.16. The van der Waals surface area contributed by atoms with Crippen molar-refractivity contribution in [3.63, 3.8) is 0 Å². The van der Waals surface area contributed by atoms with Crippen molar-refractivity contribution in [2.24, 2.45) is 0 Å². The summed E-state index contributed by atoms with van der Waals surface area (Å²) in [7, 11) is 0. The van der Waals surface area contributed by atoms with Crippen molar-refractivity contribution in [3.05, 3.63) is 23.8 Å². The molecule has 84 valence electrons. The van der Waals surface area contributed by atoms with Gasteiger partial charge in [0.2, 0.25) is 0 Å². The lowest BCUT2D eigenvalue weighted by Gasteiger charge is -2.17. The van der Waals surface area contributed by atoms with Gasteiger partial charge in [-0.05, 0) is 6.07 Å². The maximum absolute atomic E-state index is 4.54. The molecule has 0 spiro atoms. The Balaban J connectivity index is 2.75. The van der Waals surface area contributed by atoms with Gasteiger partial charge in [-0.15, -0.1) is 0 Å². The van der Waals surface area contributed by atoms with E-state index in [0.717, 1.165) is 18.1 Å². The molecule has 15 heavy (non-hydrogen) atoms. The van der Waals surface area contributed by atoms with Crippen LogP contribution in [0.15, 0.2) is 12.3 Å². The molecule has 1 heterocycles. The van der Waals surface area contributed by atoms with E-state index in [1.165, 1.54) is 0 Å². The van der Waals surface area contributed by atoms with Crippen LogP contribution in [0.4, 0.5) is 0 Å². The van der Waals surface area contributed by atoms with E-state index in [9.17, 15) is 0 Å². The summed E-state index contributed by atoms with van der Waals surface area (Å²) in [6, 6.07) is 2.45. The molecule has 1 aromatic rings. The minimum atomic E-state index is 0.0217. The fraction of sp³-hybridized carbons (Fsp3) is 0.667. The molecule has 0 unspecified atom stereocenters. The van der Waals surface area contributed by atoms with E-state index in [1.807, 2.05) is 12.3 Å². The molecule has 0 fully saturated rings. The summed E-state index contributed by atoms with van der Waals surface area (Å²) in [5, 5.41) is 3.35. The average molecular weight is 207 g/mol. The zero-order valence-corrected chi connectivity index (χ0v) is 10.3. The van der Waals surface area contributed by atoms with Gasteiger partial charge in [-0.1, -0.05) is 34.6 Å². The summed E-state index contributed by atoms with van der Waals surface area (Å²) in [4.78, 5) is 8.84. The van der Waals surface area contributed by atoms with Crippen molar-refractivity contribution in [2.45, 2.75) is 52.6 Å². The first-order valence-electron chi connectivity index (χ1n) is 5.45. The zero-order valence-electron chi connectivity index (χ0n) is 10.3. The molecule has 1 N–H and O–H groups in total. The van der Waals surface area contributed by atoms with Crippen molar-refractivity contribution in [2.75, 3.05) is 0 Å². The molecule has 3 heteroatoms. The normalized spacial score (nSPS) is 12.1. The minimum absolute atomic E-state index is 0.0217. The predicted molar refractivity (Wildman–Crippen MR) is 62.7 cm³/mol. The lowest BCUT2D eigenvalue weighted by molar-refractivity contribution is 0.530. The Morgan fingerprint density at radius 1 is 1.33 bits per heavy atom. The molecule has 3 nitrogen and oxygen atoms in total. The number of hydrogen-bond donors (Lipinski definition) is 1. The highest BCUT2D eigenvalue weighted by molar-refractivity contribution is 5.08. The molecule has 0 saturated carbocycles. The van der Waals surface area contributed by atoms with Crippen LogP contribution in [0.5, 0.6) is 0 Å². The fourth-order valence-corrected chi connectivity index (χ4v) is 1.16. The molecule has 0 aromatic carbocycles. The third-order valence-electron chi connectivity index (χ3n) is 2.08. The number of hydrogen-bond acceptors (Lipinski definition) is 3. The predicted octanol–water partition coefficient (Wildman–Crippen LogP) is 2.27. The highest BCUT2D eigenvalue weighted by Crippen LogP contribution is 2.17. The van der Waals surface area contributed by atoms with Gasteiger partial charge in [0.1, 0.15) is 5.82 Å². The lowest BCUT2D eigenvalue weighted by atomic mass is 9.96. The molecule has 0 amide bonds. The smallest absolute Gasteiger partial charge is 0.133 e. The first-order valence-corrected chi connectivity index (χ1v) is 5.45. The van der Waals surface area contributed by atoms with E-state index in [4.69, 9.17) is 0 Å². The van der Waals surface area contributed by atoms with Crippen LogP contribution >= 0.6 is 0 Å². The Morgan fingerprint density at radius 2 is 2.00 bits per heavy atom. The Hall–Kier alpha value is -0.960. The topological polar surface area (TPSA) is 37.8 Å². The van der Waals surface area contributed by atoms with E-state index in [1.54, 1.807) is 0 Å². The van der Waals surface area contributed by atoms with Crippen LogP contribution in [0.1, 0.15) is 46.1 Å². The fourth-order valence-electron chi connectivity index (χ4n) is 1.16. The van der Waals surface area contributed by atoms with Crippen LogP contribution in [0.25, 0.3) is 0 Å². The molecule has 0 saturated heterocycles. The van der Waals surface area contributed by atoms with Crippen LogP contribution < -0.4 is 5.32 Å². The molecule has 1 aromatic heterocycles. The van der Waals surface area contributed by atoms with Crippen molar-refractivity contribution >= 4 is 0 Å². The van der Waals surface area contributed by atoms with Gasteiger partial charge in [0.25, 0.3) is 0 Å². The summed E-state index contributed by atoms with van der Waals surface area (Å²) in [5.41, 5.74) is 1.08. The first kappa shape index (κ1) is 12.1. The number of nitrogens with zero attached hydrogens (tertiary/aromatic N) is 2. The van der Waals surface area contributed by atoms with Gasteiger partial charge in [0.15, 0.2) is 0 Å². The van der Waals surface area contributed by atoms with Crippen LogP contribution in [0.2, 0.25) is 0 Å².